The molecular formula is C18H24IN7S. The Morgan fingerprint density at radius 3 is 2.89 bits per heavy atom. The lowest BCUT2D eigenvalue weighted by Crippen LogP contribution is -2.38. The molecule has 0 bridgehead atoms. The molecule has 0 aromatic carbocycles. The molecular weight excluding hydrogens is 473 g/mol. The molecule has 9 heteroatoms. The van der Waals surface area contributed by atoms with Gasteiger partial charge in [0.2, 0.25) is 0 Å². The van der Waals surface area contributed by atoms with E-state index in [9.17, 15) is 0 Å². The van der Waals surface area contributed by atoms with Crippen molar-refractivity contribution in [3.63, 3.8) is 0 Å². The van der Waals surface area contributed by atoms with E-state index in [2.05, 4.69) is 43.0 Å². The van der Waals surface area contributed by atoms with Crippen molar-refractivity contribution >= 4 is 41.3 Å². The minimum absolute atomic E-state index is 0. The smallest absolute Gasteiger partial charge is 0.191 e. The monoisotopic (exact) mass is 497 g/mol. The number of nitrogens with one attached hydrogen (secondary N) is 2. The Morgan fingerprint density at radius 1 is 1.30 bits per heavy atom. The van der Waals surface area contributed by atoms with Crippen LogP contribution < -0.4 is 10.6 Å². The molecule has 3 rings (SSSR count). The molecule has 0 saturated heterocycles. The Kier molecular flexibility index (Phi) is 8.65. The normalized spacial score (nSPS) is 11.1. The molecule has 27 heavy (non-hydrogen) atoms. The van der Waals surface area contributed by atoms with E-state index >= 15 is 0 Å². The summed E-state index contributed by atoms with van der Waals surface area (Å²) in [6, 6.07) is 5.85. The molecule has 3 aromatic rings. The number of hydrogen-bond donors (Lipinski definition) is 2. The first kappa shape index (κ1) is 21.3. The van der Waals surface area contributed by atoms with Crippen molar-refractivity contribution in [1.82, 2.24) is 30.4 Å². The highest BCUT2D eigenvalue weighted by Crippen LogP contribution is 2.08. The van der Waals surface area contributed by atoms with Crippen LogP contribution in [0.15, 0.2) is 47.2 Å². The number of aryl methyl sites for hydroxylation is 1. The summed E-state index contributed by atoms with van der Waals surface area (Å²) in [4.78, 5) is 13.5. The average Bonchev–Trinajstić information content (AvgIpc) is 3.32. The largest absolute Gasteiger partial charge is 0.357 e. The van der Waals surface area contributed by atoms with Crippen LogP contribution in [-0.4, -0.2) is 38.8 Å². The second-order valence-corrected chi connectivity index (χ2v) is 6.76. The van der Waals surface area contributed by atoms with E-state index in [-0.39, 0.29) is 24.0 Å². The van der Waals surface area contributed by atoms with Gasteiger partial charge in [-0.15, -0.1) is 35.3 Å². The molecule has 0 saturated carbocycles. The molecule has 0 aliphatic heterocycles. The third-order valence-corrected chi connectivity index (χ3v) is 4.48. The number of halogens is 1. The van der Waals surface area contributed by atoms with Crippen molar-refractivity contribution in [2.45, 2.75) is 26.8 Å². The first-order chi connectivity index (χ1) is 12.7. The van der Waals surface area contributed by atoms with Crippen LogP contribution in [0.1, 0.15) is 23.2 Å². The van der Waals surface area contributed by atoms with Gasteiger partial charge in [0.1, 0.15) is 0 Å². The standard InChI is InChI=1S/C18H23N7S.HI/c1-3-19-18(21-9-6-16-13-26-14(2)24-16)22-12-15-5-8-20-17(11-15)25-10-4-7-23-25;/h4-5,7-8,10-11,13H,3,6,9,12H2,1-2H3,(H2,19,21,22);1H. The zero-order chi connectivity index (χ0) is 18.2. The summed E-state index contributed by atoms with van der Waals surface area (Å²) in [6.45, 7) is 6.27. The molecule has 2 N–H and O–H groups in total. The fourth-order valence-corrected chi connectivity index (χ4v) is 3.08. The van der Waals surface area contributed by atoms with Crippen molar-refractivity contribution in [2.24, 2.45) is 4.99 Å². The van der Waals surface area contributed by atoms with Crippen LogP contribution in [0.2, 0.25) is 0 Å². The number of aliphatic imine (C=N–C) groups is 1. The zero-order valence-corrected chi connectivity index (χ0v) is 18.6. The SMILES string of the molecule is CCNC(=NCc1ccnc(-n2cccn2)c1)NCCc1csc(C)n1.I. The summed E-state index contributed by atoms with van der Waals surface area (Å²) in [6.07, 6.45) is 6.28. The van der Waals surface area contributed by atoms with Crippen LogP contribution in [0.3, 0.4) is 0 Å². The number of hydrogen-bond acceptors (Lipinski definition) is 5. The maximum atomic E-state index is 4.66. The number of thiazole rings is 1. The lowest BCUT2D eigenvalue weighted by atomic mass is 10.2. The fraction of sp³-hybridized carbons (Fsp3) is 0.333. The van der Waals surface area contributed by atoms with Crippen LogP contribution in [-0.2, 0) is 13.0 Å². The van der Waals surface area contributed by atoms with Gasteiger partial charge in [-0.25, -0.2) is 19.6 Å². The van der Waals surface area contributed by atoms with Gasteiger partial charge in [-0.1, -0.05) is 0 Å². The summed E-state index contributed by atoms with van der Waals surface area (Å²) in [5.74, 6) is 1.59. The number of pyridine rings is 1. The Balaban J connectivity index is 0.00000261. The van der Waals surface area contributed by atoms with Crippen LogP contribution in [0.4, 0.5) is 0 Å². The molecule has 0 aliphatic rings. The van der Waals surface area contributed by atoms with Gasteiger partial charge in [-0.05, 0) is 37.6 Å². The highest BCUT2D eigenvalue weighted by Gasteiger charge is 2.02. The molecule has 0 radical (unpaired) electrons. The van der Waals surface area contributed by atoms with Gasteiger partial charge in [0.15, 0.2) is 11.8 Å². The van der Waals surface area contributed by atoms with E-state index in [4.69, 9.17) is 0 Å². The van der Waals surface area contributed by atoms with Gasteiger partial charge in [0.25, 0.3) is 0 Å². The maximum absolute atomic E-state index is 4.66. The van der Waals surface area contributed by atoms with E-state index in [1.807, 2.05) is 31.3 Å². The maximum Gasteiger partial charge on any atom is 0.191 e. The minimum atomic E-state index is 0. The Morgan fingerprint density at radius 2 is 2.19 bits per heavy atom. The minimum Gasteiger partial charge on any atom is -0.357 e. The lowest BCUT2D eigenvalue weighted by molar-refractivity contribution is 0.789. The van der Waals surface area contributed by atoms with Gasteiger partial charge in [-0.2, -0.15) is 5.10 Å². The molecule has 0 unspecified atom stereocenters. The van der Waals surface area contributed by atoms with Crippen molar-refractivity contribution < 1.29 is 0 Å². The molecule has 144 valence electrons. The molecule has 3 aromatic heterocycles. The highest BCUT2D eigenvalue weighted by molar-refractivity contribution is 14.0. The predicted molar refractivity (Wildman–Crippen MR) is 120 cm³/mol. The summed E-state index contributed by atoms with van der Waals surface area (Å²) >= 11 is 1.68. The summed E-state index contributed by atoms with van der Waals surface area (Å²) in [5, 5.41) is 14.1. The highest BCUT2D eigenvalue weighted by atomic mass is 127. The first-order valence-corrected chi connectivity index (χ1v) is 9.50. The van der Waals surface area contributed by atoms with Crippen molar-refractivity contribution in [3.05, 3.63) is 58.4 Å². The van der Waals surface area contributed by atoms with Gasteiger partial charge >= 0.3 is 0 Å². The average molecular weight is 497 g/mol. The number of guanidine groups is 1. The molecule has 3 heterocycles. The van der Waals surface area contributed by atoms with E-state index in [0.29, 0.717) is 6.54 Å². The van der Waals surface area contributed by atoms with Crippen LogP contribution in [0.5, 0.6) is 0 Å². The molecule has 0 spiro atoms. The second kappa shape index (κ2) is 11.0. The van der Waals surface area contributed by atoms with Crippen LogP contribution in [0.25, 0.3) is 5.82 Å². The summed E-state index contributed by atoms with van der Waals surface area (Å²) in [7, 11) is 0. The molecule has 0 fully saturated rings. The van der Waals surface area contributed by atoms with Gasteiger partial charge in [0, 0.05) is 43.5 Å². The van der Waals surface area contributed by atoms with Crippen molar-refractivity contribution in [1.29, 1.82) is 0 Å². The Labute approximate surface area is 180 Å². The van der Waals surface area contributed by atoms with Crippen LogP contribution in [0, 0.1) is 6.92 Å². The van der Waals surface area contributed by atoms with E-state index in [1.165, 1.54) is 0 Å². The van der Waals surface area contributed by atoms with Crippen LogP contribution >= 0.6 is 35.3 Å². The van der Waals surface area contributed by atoms with E-state index in [0.717, 1.165) is 47.6 Å². The molecule has 7 nitrogen and oxygen atoms in total. The number of rotatable bonds is 7. The van der Waals surface area contributed by atoms with Gasteiger partial charge in [-0.3, -0.25) is 0 Å². The summed E-state index contributed by atoms with van der Waals surface area (Å²) in [5.41, 5.74) is 2.20. The Bertz CT molecular complexity index is 845. The Hall–Kier alpha value is -2.01. The summed E-state index contributed by atoms with van der Waals surface area (Å²) < 4.78 is 1.74. The molecule has 0 atom stereocenters. The number of aromatic nitrogens is 4. The number of nitrogens with zero attached hydrogens (tertiary/aromatic N) is 5. The van der Waals surface area contributed by atoms with Crippen molar-refractivity contribution in [3.8, 4) is 5.82 Å². The molecule has 0 amide bonds. The zero-order valence-electron chi connectivity index (χ0n) is 15.4. The quantitative estimate of drug-likeness (QED) is 0.298. The van der Waals surface area contributed by atoms with Crippen molar-refractivity contribution in [2.75, 3.05) is 13.1 Å². The predicted octanol–water partition coefficient (Wildman–Crippen LogP) is 2.95. The van der Waals surface area contributed by atoms with E-state index < -0.39 is 0 Å². The second-order valence-electron chi connectivity index (χ2n) is 5.70. The lowest BCUT2D eigenvalue weighted by Gasteiger charge is -2.11. The third kappa shape index (κ3) is 6.58. The third-order valence-electron chi connectivity index (χ3n) is 3.65. The molecule has 0 aliphatic carbocycles. The topological polar surface area (TPSA) is 80.0 Å². The van der Waals surface area contributed by atoms with Gasteiger partial charge < -0.3 is 10.6 Å². The van der Waals surface area contributed by atoms with Gasteiger partial charge in [0.05, 0.1) is 17.2 Å². The first-order valence-electron chi connectivity index (χ1n) is 8.62. The fourth-order valence-electron chi connectivity index (χ4n) is 2.43. The van der Waals surface area contributed by atoms with E-state index in [1.54, 1.807) is 28.4 Å².